The van der Waals surface area contributed by atoms with Gasteiger partial charge in [-0.25, -0.2) is 0 Å². The third-order valence-electron chi connectivity index (χ3n) is 2.89. The number of nitriles is 1. The summed E-state index contributed by atoms with van der Waals surface area (Å²) < 4.78 is 0. The molecule has 0 unspecified atom stereocenters. The molecular weight excluding hydrogens is 206 g/mol. The zero-order chi connectivity index (χ0) is 12.0. The van der Waals surface area contributed by atoms with E-state index in [1.807, 2.05) is 11.0 Å². The Morgan fingerprint density at radius 2 is 2.06 bits per heavy atom. The lowest BCUT2D eigenvalue weighted by Crippen LogP contribution is -2.42. The highest BCUT2D eigenvalue weighted by molar-refractivity contribution is 5.79. The Hall–Kier alpha value is -1.41. The molecule has 0 spiro atoms. The van der Waals surface area contributed by atoms with Crippen molar-refractivity contribution in [3.05, 3.63) is 0 Å². The summed E-state index contributed by atoms with van der Waals surface area (Å²) >= 11 is 0. The molecular formula is C11H17N3O2. The van der Waals surface area contributed by atoms with Gasteiger partial charge < -0.3 is 5.32 Å². The van der Waals surface area contributed by atoms with E-state index in [4.69, 9.17) is 5.26 Å². The Morgan fingerprint density at radius 3 is 2.56 bits per heavy atom. The predicted octanol–water partition coefficient (Wildman–Crippen LogP) is -0.0728. The molecule has 0 radical (unpaired) electrons. The first-order chi connectivity index (χ1) is 7.63. The highest BCUT2D eigenvalue weighted by atomic mass is 16.2. The van der Waals surface area contributed by atoms with E-state index in [0.717, 1.165) is 25.9 Å². The molecule has 1 rings (SSSR count). The van der Waals surface area contributed by atoms with Crippen LogP contribution in [0.3, 0.4) is 0 Å². The fourth-order valence-electron chi connectivity index (χ4n) is 1.89. The lowest BCUT2D eigenvalue weighted by Gasteiger charge is -2.29. The second-order valence-corrected chi connectivity index (χ2v) is 4.10. The molecule has 1 amide bonds. The van der Waals surface area contributed by atoms with Crippen LogP contribution in [0, 0.1) is 17.2 Å². The number of nitrogens with one attached hydrogen (secondary N) is 1. The number of amides is 1. The first-order valence-electron chi connectivity index (χ1n) is 5.50. The summed E-state index contributed by atoms with van der Waals surface area (Å²) in [6, 6.07) is 1.86. The van der Waals surface area contributed by atoms with Gasteiger partial charge in [0.25, 0.3) is 0 Å². The number of piperidine rings is 1. The minimum atomic E-state index is -0.122. The molecule has 0 atom stereocenters. The van der Waals surface area contributed by atoms with E-state index in [-0.39, 0.29) is 24.2 Å². The van der Waals surface area contributed by atoms with Gasteiger partial charge in [0, 0.05) is 5.92 Å². The minimum Gasteiger partial charge on any atom is -0.342 e. The summed E-state index contributed by atoms with van der Waals surface area (Å²) in [6.45, 7) is 3.57. The minimum absolute atomic E-state index is 0.0583. The van der Waals surface area contributed by atoms with Crippen LogP contribution in [0.1, 0.15) is 19.8 Å². The lowest BCUT2D eigenvalue weighted by molar-refractivity contribution is -0.123. The summed E-state index contributed by atoms with van der Waals surface area (Å²) in [7, 11) is 0. The third kappa shape index (κ3) is 3.99. The summed E-state index contributed by atoms with van der Waals surface area (Å²) in [5.74, 6) is 0.287. The second-order valence-electron chi connectivity index (χ2n) is 4.10. The normalized spacial score (nSPS) is 17.8. The number of carbonyl (C=O) groups is 2. The van der Waals surface area contributed by atoms with Crippen LogP contribution in [0.5, 0.6) is 0 Å². The molecule has 0 saturated carbocycles. The fraction of sp³-hybridized carbons (Fsp3) is 0.727. The molecule has 1 aliphatic rings. The number of hydrogen-bond acceptors (Lipinski definition) is 4. The fourth-order valence-corrected chi connectivity index (χ4v) is 1.89. The van der Waals surface area contributed by atoms with Gasteiger partial charge in [0.15, 0.2) is 0 Å². The van der Waals surface area contributed by atoms with Crippen molar-refractivity contribution < 1.29 is 9.59 Å². The Kier molecular flexibility index (Phi) is 4.93. The van der Waals surface area contributed by atoms with Gasteiger partial charge in [0.1, 0.15) is 12.3 Å². The molecule has 0 bridgehead atoms. The topological polar surface area (TPSA) is 73.2 Å². The number of rotatable bonds is 4. The third-order valence-corrected chi connectivity index (χ3v) is 2.89. The number of nitrogens with zero attached hydrogens (tertiary/aromatic N) is 2. The van der Waals surface area contributed by atoms with Crippen molar-refractivity contribution in [2.24, 2.45) is 5.92 Å². The molecule has 5 heteroatoms. The van der Waals surface area contributed by atoms with Gasteiger partial charge in [-0.1, -0.05) is 0 Å². The Balaban J connectivity index is 2.24. The van der Waals surface area contributed by atoms with Gasteiger partial charge in [-0.05, 0) is 32.9 Å². The van der Waals surface area contributed by atoms with Crippen LogP contribution in [-0.2, 0) is 9.59 Å². The van der Waals surface area contributed by atoms with Crippen LogP contribution >= 0.6 is 0 Å². The van der Waals surface area contributed by atoms with Gasteiger partial charge in [-0.3, -0.25) is 14.5 Å². The average molecular weight is 223 g/mol. The molecule has 1 N–H and O–H groups in total. The number of likely N-dealkylation sites (tertiary alicyclic amines) is 1. The molecule has 0 aliphatic carbocycles. The number of carbonyl (C=O) groups excluding carboxylic acids is 2. The predicted molar refractivity (Wildman–Crippen MR) is 58.5 cm³/mol. The Labute approximate surface area is 95.4 Å². The smallest absolute Gasteiger partial charge is 0.235 e. The van der Waals surface area contributed by atoms with E-state index in [0.29, 0.717) is 6.54 Å². The van der Waals surface area contributed by atoms with Gasteiger partial charge in [0.05, 0.1) is 12.6 Å². The Morgan fingerprint density at radius 1 is 1.44 bits per heavy atom. The van der Waals surface area contributed by atoms with E-state index >= 15 is 0 Å². The first kappa shape index (κ1) is 12.7. The van der Waals surface area contributed by atoms with Gasteiger partial charge in [0.2, 0.25) is 5.91 Å². The maximum Gasteiger partial charge on any atom is 0.235 e. The first-order valence-corrected chi connectivity index (χ1v) is 5.50. The molecule has 0 aromatic carbocycles. The van der Waals surface area contributed by atoms with Crippen molar-refractivity contribution in [1.29, 1.82) is 5.26 Å². The van der Waals surface area contributed by atoms with E-state index in [9.17, 15) is 9.59 Å². The maximum absolute atomic E-state index is 11.3. The van der Waals surface area contributed by atoms with Crippen LogP contribution in [0.2, 0.25) is 0 Å². The van der Waals surface area contributed by atoms with E-state index in [2.05, 4.69) is 5.32 Å². The van der Waals surface area contributed by atoms with Crippen molar-refractivity contribution in [2.75, 3.05) is 26.2 Å². The zero-order valence-electron chi connectivity index (χ0n) is 9.53. The summed E-state index contributed by atoms with van der Waals surface area (Å²) in [4.78, 5) is 24.5. The molecule has 1 aliphatic heterocycles. The molecule has 1 fully saturated rings. The molecule has 1 heterocycles. The zero-order valence-corrected chi connectivity index (χ0v) is 9.53. The number of Topliss-reactive ketones (excluding diaryl/α,β-unsaturated/α-hetero) is 1. The SMILES string of the molecule is CC(=O)C1CCN(CC(=O)NCC#N)CC1. The summed E-state index contributed by atoms with van der Waals surface area (Å²) in [5.41, 5.74) is 0. The van der Waals surface area contributed by atoms with Crippen LogP contribution in [0.25, 0.3) is 0 Å². The van der Waals surface area contributed by atoms with Crippen LogP contribution in [0.15, 0.2) is 0 Å². The molecule has 16 heavy (non-hydrogen) atoms. The quantitative estimate of drug-likeness (QED) is 0.677. The lowest BCUT2D eigenvalue weighted by atomic mass is 9.93. The van der Waals surface area contributed by atoms with E-state index in [1.165, 1.54) is 0 Å². The average Bonchev–Trinajstić information content (AvgIpc) is 2.27. The van der Waals surface area contributed by atoms with Crippen molar-refractivity contribution in [3.8, 4) is 6.07 Å². The molecule has 1 saturated heterocycles. The van der Waals surface area contributed by atoms with Crippen LogP contribution < -0.4 is 5.32 Å². The van der Waals surface area contributed by atoms with E-state index < -0.39 is 0 Å². The monoisotopic (exact) mass is 223 g/mol. The van der Waals surface area contributed by atoms with Crippen molar-refractivity contribution in [1.82, 2.24) is 10.2 Å². The van der Waals surface area contributed by atoms with Crippen molar-refractivity contribution in [2.45, 2.75) is 19.8 Å². The van der Waals surface area contributed by atoms with Crippen LogP contribution in [-0.4, -0.2) is 42.8 Å². The highest BCUT2D eigenvalue weighted by Crippen LogP contribution is 2.17. The van der Waals surface area contributed by atoms with Crippen molar-refractivity contribution >= 4 is 11.7 Å². The highest BCUT2D eigenvalue weighted by Gasteiger charge is 2.23. The molecule has 0 aromatic heterocycles. The summed E-state index contributed by atoms with van der Waals surface area (Å²) in [5, 5.41) is 10.8. The Bertz CT molecular complexity index is 301. The largest absolute Gasteiger partial charge is 0.342 e. The van der Waals surface area contributed by atoms with Gasteiger partial charge in [-0.15, -0.1) is 0 Å². The van der Waals surface area contributed by atoms with Gasteiger partial charge >= 0.3 is 0 Å². The number of hydrogen-bond donors (Lipinski definition) is 1. The number of ketones is 1. The molecule has 88 valence electrons. The van der Waals surface area contributed by atoms with Gasteiger partial charge in [-0.2, -0.15) is 5.26 Å². The van der Waals surface area contributed by atoms with Crippen molar-refractivity contribution in [3.63, 3.8) is 0 Å². The maximum atomic E-state index is 11.3. The standard InChI is InChI=1S/C11H17N3O2/c1-9(15)10-2-6-14(7-3-10)8-11(16)13-5-4-12/h10H,2-3,5-8H2,1H3,(H,13,16). The molecule has 0 aromatic rings. The summed E-state index contributed by atoms with van der Waals surface area (Å²) in [6.07, 6.45) is 1.67. The molecule has 5 nitrogen and oxygen atoms in total. The van der Waals surface area contributed by atoms with Crippen LogP contribution in [0.4, 0.5) is 0 Å². The second kappa shape index (κ2) is 6.23. The van der Waals surface area contributed by atoms with E-state index in [1.54, 1.807) is 6.92 Å².